The molecule has 0 aromatic heterocycles. The largest absolute Gasteiger partial charge is 0.388 e. The van der Waals surface area contributed by atoms with Gasteiger partial charge < -0.3 is 15.1 Å². The molecule has 1 fully saturated rings. The summed E-state index contributed by atoms with van der Waals surface area (Å²) in [4.78, 5) is 20.2. The summed E-state index contributed by atoms with van der Waals surface area (Å²) in [5.41, 5.74) is 3.67. The van der Waals surface area contributed by atoms with Gasteiger partial charge in [-0.1, -0.05) is 58.7 Å². The van der Waals surface area contributed by atoms with Gasteiger partial charge in [-0.15, -0.1) is 0 Å². The normalized spacial score (nSPS) is 18.1. The Kier molecular flexibility index (Phi) is 4.79. The molecular weight excluding hydrogens is 362 g/mol. The molecule has 6 heteroatoms. The highest BCUT2D eigenvalue weighted by molar-refractivity contribution is 6.33. The maximum absolute atomic E-state index is 12.5. The van der Waals surface area contributed by atoms with E-state index in [9.17, 15) is 4.79 Å². The number of benzene rings is 2. The van der Waals surface area contributed by atoms with Crippen molar-refractivity contribution in [1.29, 1.82) is 0 Å². The van der Waals surface area contributed by atoms with Crippen LogP contribution in [0.25, 0.3) is 0 Å². The third-order valence-electron chi connectivity index (χ3n) is 5.30. The van der Waals surface area contributed by atoms with Crippen molar-refractivity contribution in [2.75, 3.05) is 18.4 Å². The highest BCUT2D eigenvalue weighted by Crippen LogP contribution is 2.36. The highest BCUT2D eigenvalue weighted by atomic mass is 35.5. The maximum Gasteiger partial charge on any atom is 0.321 e. The van der Waals surface area contributed by atoms with E-state index in [1.165, 1.54) is 5.56 Å². The molecule has 0 aliphatic carbocycles. The average molecular weight is 384 g/mol. The minimum absolute atomic E-state index is 0.129. The molecule has 4 rings (SSSR count). The SMILES string of the molecule is Cc1ccc(C2=NOC3(CCN(C(=O)Nc4ccccc4Cl)CC3)C2)cc1. The van der Waals surface area contributed by atoms with Gasteiger partial charge in [-0.25, -0.2) is 4.79 Å². The molecule has 2 aromatic carbocycles. The Hall–Kier alpha value is -2.53. The van der Waals surface area contributed by atoms with Gasteiger partial charge in [-0.3, -0.25) is 0 Å². The summed E-state index contributed by atoms with van der Waals surface area (Å²) >= 11 is 6.12. The number of oxime groups is 1. The number of hydrogen-bond donors (Lipinski definition) is 1. The van der Waals surface area contributed by atoms with Crippen LogP contribution in [0, 0.1) is 6.92 Å². The van der Waals surface area contributed by atoms with Gasteiger partial charge in [0.2, 0.25) is 0 Å². The molecule has 0 bridgehead atoms. The van der Waals surface area contributed by atoms with Crippen LogP contribution in [0.4, 0.5) is 10.5 Å². The second-order valence-electron chi connectivity index (χ2n) is 7.25. The third kappa shape index (κ3) is 3.78. The fourth-order valence-corrected chi connectivity index (χ4v) is 3.75. The molecule has 0 unspecified atom stereocenters. The summed E-state index contributed by atoms with van der Waals surface area (Å²) < 4.78 is 0. The number of amides is 2. The minimum Gasteiger partial charge on any atom is -0.388 e. The number of carbonyl (C=O) groups is 1. The number of piperidine rings is 1. The van der Waals surface area contributed by atoms with Crippen LogP contribution < -0.4 is 5.32 Å². The van der Waals surface area contributed by atoms with Crippen molar-refractivity contribution >= 4 is 29.0 Å². The lowest BCUT2D eigenvalue weighted by molar-refractivity contribution is -0.0544. The first-order valence-electron chi connectivity index (χ1n) is 9.17. The molecule has 1 N–H and O–H groups in total. The summed E-state index contributed by atoms with van der Waals surface area (Å²) in [6, 6.07) is 15.5. The van der Waals surface area contributed by atoms with Crippen LogP contribution in [0.15, 0.2) is 53.7 Å². The van der Waals surface area contributed by atoms with Gasteiger partial charge in [-0.05, 0) is 24.6 Å². The topological polar surface area (TPSA) is 53.9 Å². The van der Waals surface area contributed by atoms with E-state index in [2.05, 4.69) is 41.7 Å². The number of hydrogen-bond acceptors (Lipinski definition) is 3. The van der Waals surface area contributed by atoms with Gasteiger partial charge >= 0.3 is 6.03 Å². The van der Waals surface area contributed by atoms with Crippen LogP contribution in [-0.4, -0.2) is 35.3 Å². The molecule has 1 saturated heterocycles. The van der Waals surface area contributed by atoms with E-state index in [1.54, 1.807) is 12.1 Å². The number of urea groups is 1. The van der Waals surface area contributed by atoms with Crippen molar-refractivity contribution in [2.24, 2.45) is 5.16 Å². The first kappa shape index (κ1) is 17.9. The zero-order valence-electron chi connectivity index (χ0n) is 15.2. The Morgan fingerprint density at radius 3 is 2.56 bits per heavy atom. The summed E-state index contributed by atoms with van der Waals surface area (Å²) in [5, 5.41) is 7.76. The first-order chi connectivity index (χ1) is 13.0. The number of halogens is 1. The molecule has 2 amide bonds. The Bertz CT molecular complexity index is 871. The first-order valence-corrected chi connectivity index (χ1v) is 9.55. The number of likely N-dealkylation sites (tertiary alicyclic amines) is 1. The number of carbonyl (C=O) groups excluding carboxylic acids is 1. The smallest absolute Gasteiger partial charge is 0.321 e. The summed E-state index contributed by atoms with van der Waals surface area (Å²) in [6.07, 6.45) is 2.32. The monoisotopic (exact) mass is 383 g/mol. The fourth-order valence-electron chi connectivity index (χ4n) is 3.56. The zero-order valence-corrected chi connectivity index (χ0v) is 16.0. The third-order valence-corrected chi connectivity index (χ3v) is 5.63. The Morgan fingerprint density at radius 1 is 1.15 bits per heavy atom. The lowest BCUT2D eigenvalue weighted by Gasteiger charge is -2.37. The summed E-state index contributed by atoms with van der Waals surface area (Å²) in [5.74, 6) is 0. The average Bonchev–Trinajstić information content (AvgIpc) is 3.08. The van der Waals surface area contributed by atoms with E-state index in [0.29, 0.717) is 23.8 Å². The van der Waals surface area contributed by atoms with E-state index in [-0.39, 0.29) is 11.6 Å². The number of nitrogens with zero attached hydrogens (tertiary/aromatic N) is 2. The van der Waals surface area contributed by atoms with E-state index >= 15 is 0 Å². The van der Waals surface area contributed by atoms with Gasteiger partial charge in [0, 0.05) is 32.4 Å². The van der Waals surface area contributed by atoms with Crippen molar-refractivity contribution in [3.05, 3.63) is 64.7 Å². The second-order valence-corrected chi connectivity index (χ2v) is 7.66. The lowest BCUT2D eigenvalue weighted by atomic mass is 9.85. The van der Waals surface area contributed by atoms with Crippen LogP contribution in [0.5, 0.6) is 0 Å². The number of anilines is 1. The Morgan fingerprint density at radius 2 is 1.85 bits per heavy atom. The van der Waals surface area contributed by atoms with Crippen LogP contribution in [0.3, 0.4) is 0 Å². The van der Waals surface area contributed by atoms with Crippen LogP contribution in [0.2, 0.25) is 5.02 Å². The van der Waals surface area contributed by atoms with Crippen molar-refractivity contribution in [1.82, 2.24) is 4.90 Å². The van der Waals surface area contributed by atoms with E-state index in [4.69, 9.17) is 16.4 Å². The van der Waals surface area contributed by atoms with Gasteiger partial charge in [0.1, 0.15) is 5.60 Å². The summed E-state index contributed by atoms with van der Waals surface area (Å²) in [6.45, 7) is 3.33. The number of rotatable bonds is 2. The molecule has 140 valence electrons. The van der Waals surface area contributed by atoms with Crippen LogP contribution in [0.1, 0.15) is 30.4 Å². The number of para-hydroxylation sites is 1. The fraction of sp³-hybridized carbons (Fsp3) is 0.333. The Labute approximate surface area is 163 Å². The molecule has 27 heavy (non-hydrogen) atoms. The molecule has 2 aromatic rings. The predicted molar refractivity (Wildman–Crippen MR) is 107 cm³/mol. The van der Waals surface area contributed by atoms with E-state index in [0.717, 1.165) is 30.5 Å². The molecule has 2 aliphatic heterocycles. The van der Waals surface area contributed by atoms with E-state index < -0.39 is 0 Å². The quantitative estimate of drug-likeness (QED) is 0.806. The Balaban J connectivity index is 1.35. The molecule has 2 aliphatic rings. The molecule has 0 atom stereocenters. The van der Waals surface area contributed by atoms with Gasteiger partial charge in [0.05, 0.1) is 16.4 Å². The maximum atomic E-state index is 12.5. The van der Waals surface area contributed by atoms with Crippen LogP contribution >= 0.6 is 11.6 Å². The molecular formula is C21H22ClN3O2. The lowest BCUT2D eigenvalue weighted by Crippen LogP contribution is -2.48. The minimum atomic E-state index is -0.290. The van der Waals surface area contributed by atoms with Crippen LogP contribution in [-0.2, 0) is 4.84 Å². The van der Waals surface area contributed by atoms with Crippen molar-refractivity contribution in [2.45, 2.75) is 31.8 Å². The molecule has 1 spiro atoms. The van der Waals surface area contributed by atoms with Gasteiger partial charge in [0.25, 0.3) is 0 Å². The molecule has 0 radical (unpaired) electrons. The van der Waals surface area contributed by atoms with Crippen molar-refractivity contribution in [3.8, 4) is 0 Å². The van der Waals surface area contributed by atoms with Gasteiger partial charge in [-0.2, -0.15) is 0 Å². The van der Waals surface area contributed by atoms with Gasteiger partial charge in [0.15, 0.2) is 0 Å². The number of aryl methyl sites for hydroxylation is 1. The number of nitrogens with one attached hydrogen (secondary N) is 1. The van der Waals surface area contributed by atoms with E-state index in [1.807, 2.05) is 17.0 Å². The second kappa shape index (κ2) is 7.24. The molecule has 0 saturated carbocycles. The highest BCUT2D eigenvalue weighted by Gasteiger charge is 2.43. The summed E-state index contributed by atoms with van der Waals surface area (Å²) in [7, 11) is 0. The zero-order chi connectivity index (χ0) is 18.9. The van der Waals surface area contributed by atoms with Crippen molar-refractivity contribution < 1.29 is 9.63 Å². The molecule has 5 nitrogen and oxygen atoms in total. The predicted octanol–water partition coefficient (Wildman–Crippen LogP) is 4.84. The molecule has 2 heterocycles. The van der Waals surface area contributed by atoms with Crippen molar-refractivity contribution in [3.63, 3.8) is 0 Å². The standard InChI is InChI=1S/C21H22ClN3O2/c1-15-6-8-16(9-7-15)19-14-21(27-24-19)10-12-25(13-11-21)20(26)23-18-5-3-2-4-17(18)22/h2-9H,10-14H2,1H3,(H,23,26).